The highest BCUT2D eigenvalue weighted by atomic mass is 32.2. The van der Waals surface area contributed by atoms with E-state index in [0.717, 1.165) is 5.56 Å². The number of amides is 1. The van der Waals surface area contributed by atoms with Crippen LogP contribution >= 0.6 is 11.8 Å². The number of methoxy groups -OCH3 is 1. The highest BCUT2D eigenvalue weighted by Crippen LogP contribution is 2.27. The van der Waals surface area contributed by atoms with Crippen LogP contribution in [-0.2, 0) is 11.3 Å². The Morgan fingerprint density at radius 3 is 2.71 bits per heavy atom. The van der Waals surface area contributed by atoms with Crippen molar-refractivity contribution in [2.75, 3.05) is 12.4 Å². The summed E-state index contributed by atoms with van der Waals surface area (Å²) >= 11 is 1.24. The van der Waals surface area contributed by atoms with Gasteiger partial charge in [0, 0.05) is 11.6 Å². The zero-order valence-corrected chi connectivity index (χ0v) is 20.1. The van der Waals surface area contributed by atoms with Crippen molar-refractivity contribution >= 4 is 40.2 Å². The van der Waals surface area contributed by atoms with E-state index in [1.807, 2.05) is 42.5 Å². The Hall–Kier alpha value is -4.12. The standard InChI is InChI=1S/C24H22N6O4S/c1-14-12-20(28-34-14)25-21(31)15(2)35-24-27-26-23-29(13-16-8-4-7-11-19(16)33-3)22(32)17-9-5-6-10-18(17)30(23)24/h4-12,15H,13H2,1-3H3,(H,25,28,31)/t15-/m0/s1. The molecule has 178 valence electrons. The Labute approximate surface area is 203 Å². The summed E-state index contributed by atoms with van der Waals surface area (Å²) in [6.07, 6.45) is 0. The summed E-state index contributed by atoms with van der Waals surface area (Å²) in [6.45, 7) is 3.77. The summed E-state index contributed by atoms with van der Waals surface area (Å²) in [7, 11) is 1.59. The lowest BCUT2D eigenvalue weighted by Crippen LogP contribution is -2.25. The van der Waals surface area contributed by atoms with Gasteiger partial charge in [0.2, 0.25) is 11.7 Å². The summed E-state index contributed by atoms with van der Waals surface area (Å²) < 4.78 is 13.9. The molecule has 10 nitrogen and oxygen atoms in total. The lowest BCUT2D eigenvalue weighted by Gasteiger charge is -2.14. The summed E-state index contributed by atoms with van der Waals surface area (Å²) in [5, 5.41) is 15.7. The molecule has 1 N–H and O–H groups in total. The number of aryl methyl sites for hydroxylation is 1. The number of anilines is 1. The van der Waals surface area contributed by atoms with Crippen LogP contribution in [0, 0.1) is 6.92 Å². The first-order valence-corrected chi connectivity index (χ1v) is 11.7. The zero-order chi connectivity index (χ0) is 24.5. The minimum atomic E-state index is -0.521. The van der Waals surface area contributed by atoms with Crippen LogP contribution in [-0.4, -0.2) is 42.6 Å². The first-order valence-electron chi connectivity index (χ1n) is 10.9. The van der Waals surface area contributed by atoms with Crippen LogP contribution < -0.4 is 15.6 Å². The fourth-order valence-corrected chi connectivity index (χ4v) is 4.68. The minimum Gasteiger partial charge on any atom is -0.496 e. The van der Waals surface area contributed by atoms with Gasteiger partial charge in [-0.1, -0.05) is 47.3 Å². The minimum absolute atomic E-state index is 0.185. The first-order chi connectivity index (χ1) is 17.0. The second-order valence-corrected chi connectivity index (χ2v) is 9.22. The molecule has 0 saturated heterocycles. The number of para-hydroxylation sites is 2. The van der Waals surface area contributed by atoms with Gasteiger partial charge in [-0.15, -0.1) is 10.2 Å². The Morgan fingerprint density at radius 1 is 1.17 bits per heavy atom. The third-order valence-electron chi connectivity index (χ3n) is 5.53. The number of ether oxygens (including phenoxy) is 1. The maximum absolute atomic E-state index is 13.4. The van der Waals surface area contributed by atoms with Gasteiger partial charge in [0.25, 0.3) is 5.56 Å². The number of nitrogens with zero attached hydrogens (tertiary/aromatic N) is 5. The number of nitrogens with one attached hydrogen (secondary N) is 1. The Morgan fingerprint density at radius 2 is 1.94 bits per heavy atom. The van der Waals surface area contributed by atoms with Gasteiger partial charge in [0.15, 0.2) is 11.0 Å². The summed E-state index contributed by atoms with van der Waals surface area (Å²) in [5.41, 5.74) is 1.31. The third kappa shape index (κ3) is 4.26. The summed E-state index contributed by atoms with van der Waals surface area (Å²) in [4.78, 5) is 26.2. The molecule has 0 bridgehead atoms. The lowest BCUT2D eigenvalue weighted by atomic mass is 10.2. The number of fused-ring (bicyclic) bond motifs is 3. The van der Waals surface area contributed by atoms with Gasteiger partial charge in [-0.25, -0.2) is 0 Å². The Kier molecular flexibility index (Phi) is 6.00. The molecule has 0 saturated carbocycles. The molecule has 11 heteroatoms. The molecule has 0 fully saturated rings. The van der Waals surface area contributed by atoms with E-state index in [1.54, 1.807) is 42.1 Å². The number of carbonyl (C=O) groups is 1. The van der Waals surface area contributed by atoms with Gasteiger partial charge < -0.3 is 14.6 Å². The van der Waals surface area contributed by atoms with Crippen LogP contribution in [0.15, 0.2) is 69.1 Å². The highest BCUT2D eigenvalue weighted by Gasteiger charge is 2.22. The van der Waals surface area contributed by atoms with Gasteiger partial charge >= 0.3 is 0 Å². The van der Waals surface area contributed by atoms with E-state index in [1.165, 1.54) is 11.8 Å². The SMILES string of the molecule is COc1ccccc1Cn1c(=O)c2ccccc2n2c(S[C@@H](C)C(=O)Nc3cc(C)on3)nnc12. The van der Waals surface area contributed by atoms with E-state index in [0.29, 0.717) is 39.2 Å². The number of benzene rings is 2. The molecule has 0 unspecified atom stereocenters. The van der Waals surface area contributed by atoms with Crippen molar-refractivity contribution in [1.29, 1.82) is 0 Å². The van der Waals surface area contributed by atoms with E-state index in [2.05, 4.69) is 20.7 Å². The monoisotopic (exact) mass is 490 g/mol. The normalized spacial score (nSPS) is 12.2. The summed E-state index contributed by atoms with van der Waals surface area (Å²) in [6, 6.07) is 16.4. The fraction of sp³-hybridized carbons (Fsp3) is 0.208. The van der Waals surface area contributed by atoms with E-state index < -0.39 is 5.25 Å². The molecule has 0 spiro atoms. The highest BCUT2D eigenvalue weighted by molar-refractivity contribution is 8.00. The Bertz CT molecular complexity index is 1600. The van der Waals surface area contributed by atoms with Crippen molar-refractivity contribution in [1.82, 2.24) is 24.3 Å². The third-order valence-corrected chi connectivity index (χ3v) is 6.57. The topological polar surface area (TPSA) is 117 Å². The Balaban J connectivity index is 1.56. The number of hydrogen-bond acceptors (Lipinski definition) is 8. The molecule has 2 aromatic carbocycles. The van der Waals surface area contributed by atoms with E-state index >= 15 is 0 Å². The quantitative estimate of drug-likeness (QED) is 0.345. The van der Waals surface area contributed by atoms with Crippen LogP contribution in [0.3, 0.4) is 0 Å². The smallest absolute Gasteiger partial charge is 0.263 e. The molecular weight excluding hydrogens is 468 g/mol. The van der Waals surface area contributed by atoms with Crippen molar-refractivity contribution in [3.63, 3.8) is 0 Å². The van der Waals surface area contributed by atoms with Crippen molar-refractivity contribution in [3.8, 4) is 5.75 Å². The van der Waals surface area contributed by atoms with E-state index in [4.69, 9.17) is 9.26 Å². The average molecular weight is 491 g/mol. The lowest BCUT2D eigenvalue weighted by molar-refractivity contribution is -0.115. The molecule has 5 rings (SSSR count). The predicted octanol–water partition coefficient (Wildman–Crippen LogP) is 3.52. The van der Waals surface area contributed by atoms with E-state index in [-0.39, 0.29) is 18.0 Å². The van der Waals surface area contributed by atoms with Crippen LogP contribution in [0.25, 0.3) is 16.7 Å². The first kappa shape index (κ1) is 22.7. The average Bonchev–Trinajstić information content (AvgIpc) is 3.47. The van der Waals surface area contributed by atoms with Crippen LogP contribution in [0.1, 0.15) is 18.2 Å². The van der Waals surface area contributed by atoms with Crippen molar-refractivity contribution in [2.45, 2.75) is 30.8 Å². The second kappa shape index (κ2) is 9.26. The van der Waals surface area contributed by atoms with Gasteiger partial charge in [-0.2, -0.15) is 0 Å². The molecular formula is C24H22N6O4S. The molecule has 0 aliphatic carbocycles. The predicted molar refractivity (Wildman–Crippen MR) is 132 cm³/mol. The molecule has 1 amide bonds. The second-order valence-electron chi connectivity index (χ2n) is 7.91. The van der Waals surface area contributed by atoms with Gasteiger partial charge in [0.05, 0.1) is 29.8 Å². The maximum atomic E-state index is 13.4. The number of aromatic nitrogens is 5. The molecule has 0 aliphatic heterocycles. The number of thioether (sulfide) groups is 1. The number of rotatable bonds is 7. The fourth-order valence-electron chi connectivity index (χ4n) is 3.82. The summed E-state index contributed by atoms with van der Waals surface area (Å²) in [5.74, 6) is 1.74. The molecule has 3 aromatic heterocycles. The molecule has 3 heterocycles. The zero-order valence-electron chi connectivity index (χ0n) is 19.3. The van der Waals surface area contributed by atoms with Crippen molar-refractivity contribution in [2.24, 2.45) is 0 Å². The van der Waals surface area contributed by atoms with Crippen molar-refractivity contribution in [3.05, 3.63) is 76.3 Å². The largest absolute Gasteiger partial charge is 0.496 e. The van der Waals surface area contributed by atoms with Crippen molar-refractivity contribution < 1.29 is 14.1 Å². The molecule has 35 heavy (non-hydrogen) atoms. The maximum Gasteiger partial charge on any atom is 0.263 e. The van der Waals surface area contributed by atoms with Crippen LogP contribution in [0.4, 0.5) is 5.82 Å². The van der Waals surface area contributed by atoms with Gasteiger partial charge in [-0.05, 0) is 32.0 Å². The van der Waals surface area contributed by atoms with Gasteiger partial charge in [0.1, 0.15) is 11.5 Å². The molecule has 0 radical (unpaired) electrons. The number of carbonyl (C=O) groups excluding carboxylic acids is 1. The van der Waals surface area contributed by atoms with Crippen LogP contribution in [0.5, 0.6) is 5.75 Å². The van der Waals surface area contributed by atoms with E-state index in [9.17, 15) is 9.59 Å². The molecule has 1 atom stereocenters. The van der Waals surface area contributed by atoms with Gasteiger partial charge in [-0.3, -0.25) is 18.6 Å². The molecule has 5 aromatic rings. The molecule has 0 aliphatic rings. The van der Waals surface area contributed by atoms with Crippen LogP contribution in [0.2, 0.25) is 0 Å². The number of hydrogen-bond donors (Lipinski definition) is 1.